The van der Waals surface area contributed by atoms with Crippen molar-refractivity contribution in [1.29, 1.82) is 0 Å². The number of ether oxygens (including phenoxy) is 1. The lowest BCUT2D eigenvalue weighted by Crippen LogP contribution is -2.28. The van der Waals surface area contributed by atoms with Crippen LogP contribution in [0.4, 0.5) is 0 Å². The number of hydrogen-bond donors (Lipinski definition) is 2. The van der Waals surface area contributed by atoms with Crippen LogP contribution in [0.1, 0.15) is 0 Å². The molecule has 1 aromatic carbocycles. The van der Waals surface area contributed by atoms with Crippen molar-refractivity contribution in [3.63, 3.8) is 0 Å². The maximum Gasteiger partial charge on any atom is 0.161 e. The quantitative estimate of drug-likeness (QED) is 0.612. The predicted molar refractivity (Wildman–Crippen MR) is 64.2 cm³/mol. The molecular weight excluding hydrogens is 224 g/mol. The second-order valence-corrected chi connectivity index (χ2v) is 4.64. The zero-order valence-corrected chi connectivity index (χ0v) is 9.41. The van der Waals surface area contributed by atoms with Gasteiger partial charge in [0.05, 0.1) is 10.1 Å². The first-order chi connectivity index (χ1) is 7.65. The summed E-state index contributed by atoms with van der Waals surface area (Å²) in [6.07, 6.45) is 3.31. The molecule has 3 nitrogen and oxygen atoms in total. The Morgan fingerprint density at radius 1 is 1.19 bits per heavy atom. The zero-order chi connectivity index (χ0) is 11.7. The molecule has 2 unspecified atom stereocenters. The third-order valence-corrected chi connectivity index (χ3v) is 3.66. The van der Waals surface area contributed by atoms with Crippen LogP contribution in [0.25, 0.3) is 0 Å². The van der Waals surface area contributed by atoms with E-state index in [1.54, 1.807) is 12.2 Å². The third-order valence-electron chi connectivity index (χ3n) is 2.36. The van der Waals surface area contributed by atoms with Crippen molar-refractivity contribution in [3.8, 4) is 17.2 Å². The van der Waals surface area contributed by atoms with Crippen LogP contribution in [0.3, 0.4) is 0 Å². The lowest BCUT2D eigenvalue weighted by molar-refractivity contribution is 0.243. The van der Waals surface area contributed by atoms with E-state index in [0.717, 1.165) is 4.90 Å². The van der Waals surface area contributed by atoms with Crippen LogP contribution in [-0.4, -0.2) is 21.6 Å². The van der Waals surface area contributed by atoms with Gasteiger partial charge >= 0.3 is 0 Å². The fourth-order valence-corrected chi connectivity index (χ4v) is 2.61. The Balaban J connectivity index is 2.41. The first-order valence-corrected chi connectivity index (χ1v) is 5.68. The molecular formula is C12H12O3S. The van der Waals surface area contributed by atoms with Gasteiger partial charge in [0.2, 0.25) is 0 Å². The summed E-state index contributed by atoms with van der Waals surface area (Å²) in [6.45, 7) is 7.43. The molecule has 2 N–H and O–H groups in total. The first kappa shape index (κ1) is 11.0. The molecule has 0 saturated carbocycles. The Bertz CT molecular complexity index is 401. The van der Waals surface area contributed by atoms with Crippen LogP contribution in [0, 0.1) is 0 Å². The number of phenols is 2. The van der Waals surface area contributed by atoms with Gasteiger partial charge in [-0.05, 0) is 0 Å². The molecule has 84 valence electrons. The number of thioether (sulfide) groups is 1. The minimum absolute atomic E-state index is 0.0638. The molecule has 1 heterocycles. The van der Waals surface area contributed by atoms with E-state index in [2.05, 4.69) is 13.2 Å². The highest BCUT2D eigenvalue weighted by molar-refractivity contribution is 8.00. The maximum atomic E-state index is 9.39. The summed E-state index contributed by atoms with van der Waals surface area (Å²) in [4.78, 5) is 0.790. The summed E-state index contributed by atoms with van der Waals surface area (Å²) in [5.74, 6) is 0.234. The van der Waals surface area contributed by atoms with Gasteiger partial charge in [-0.1, -0.05) is 18.7 Å². The van der Waals surface area contributed by atoms with E-state index in [4.69, 9.17) is 4.74 Å². The summed E-state index contributed by atoms with van der Waals surface area (Å²) in [6, 6.07) is 2.90. The average molecular weight is 236 g/mol. The molecule has 4 heteroatoms. The summed E-state index contributed by atoms with van der Waals surface area (Å²) in [5, 5.41) is 18.8. The number of aromatic hydroxyl groups is 2. The topological polar surface area (TPSA) is 49.7 Å². The van der Waals surface area contributed by atoms with Crippen LogP contribution in [-0.2, 0) is 0 Å². The highest BCUT2D eigenvalue weighted by Gasteiger charge is 2.27. The van der Waals surface area contributed by atoms with Crippen LogP contribution in [0.5, 0.6) is 17.2 Å². The van der Waals surface area contributed by atoms with Crippen molar-refractivity contribution in [2.45, 2.75) is 16.2 Å². The van der Waals surface area contributed by atoms with Crippen molar-refractivity contribution < 1.29 is 14.9 Å². The Kier molecular flexibility index (Phi) is 2.83. The molecule has 1 aromatic rings. The zero-order valence-electron chi connectivity index (χ0n) is 8.59. The molecule has 0 aliphatic carbocycles. The van der Waals surface area contributed by atoms with Gasteiger partial charge in [0.25, 0.3) is 0 Å². The normalized spacial score (nSPS) is 23.0. The number of hydrogen-bond acceptors (Lipinski definition) is 4. The van der Waals surface area contributed by atoms with Crippen molar-refractivity contribution in [1.82, 2.24) is 0 Å². The van der Waals surface area contributed by atoms with Gasteiger partial charge in [0.1, 0.15) is 11.9 Å². The minimum atomic E-state index is -0.181. The van der Waals surface area contributed by atoms with E-state index >= 15 is 0 Å². The highest BCUT2D eigenvalue weighted by atomic mass is 32.2. The fourth-order valence-electron chi connectivity index (χ4n) is 1.51. The van der Waals surface area contributed by atoms with Crippen LogP contribution >= 0.6 is 11.8 Å². The standard InChI is InChI=1S/C12H12O3S/c1-3-9-11(4-2)16-12-6-8(14)7(13)5-10(12)15-9/h3-6,9,11,13-14H,1-2H2. The van der Waals surface area contributed by atoms with Crippen molar-refractivity contribution in [2.24, 2.45) is 0 Å². The van der Waals surface area contributed by atoms with E-state index in [-0.39, 0.29) is 22.9 Å². The van der Waals surface area contributed by atoms with E-state index < -0.39 is 0 Å². The molecule has 2 atom stereocenters. The molecule has 0 bridgehead atoms. The SMILES string of the molecule is C=CC1Oc2cc(O)c(O)cc2SC1C=C. The molecule has 1 aliphatic rings. The largest absolute Gasteiger partial charge is 0.504 e. The van der Waals surface area contributed by atoms with E-state index in [9.17, 15) is 10.2 Å². The van der Waals surface area contributed by atoms with Crippen molar-refractivity contribution in [3.05, 3.63) is 37.4 Å². The van der Waals surface area contributed by atoms with Crippen molar-refractivity contribution >= 4 is 11.8 Å². The first-order valence-electron chi connectivity index (χ1n) is 4.80. The number of benzene rings is 1. The molecule has 0 fully saturated rings. The molecule has 0 radical (unpaired) electrons. The van der Waals surface area contributed by atoms with Gasteiger partial charge < -0.3 is 14.9 Å². The highest BCUT2D eigenvalue weighted by Crippen LogP contribution is 2.45. The number of rotatable bonds is 2. The summed E-state index contributed by atoms with van der Waals surface area (Å²) >= 11 is 1.53. The molecule has 2 rings (SSSR count). The lowest BCUT2D eigenvalue weighted by Gasteiger charge is -2.29. The van der Waals surface area contributed by atoms with Crippen LogP contribution < -0.4 is 4.74 Å². The Labute approximate surface area is 98.1 Å². The third kappa shape index (κ3) is 1.76. The minimum Gasteiger partial charge on any atom is -0.504 e. The smallest absolute Gasteiger partial charge is 0.161 e. The molecule has 0 spiro atoms. The number of fused-ring (bicyclic) bond motifs is 1. The lowest BCUT2D eigenvalue weighted by atomic mass is 10.2. The molecule has 0 aromatic heterocycles. The average Bonchev–Trinajstić information content (AvgIpc) is 2.29. The summed E-state index contributed by atoms with van der Waals surface area (Å²) < 4.78 is 5.64. The Morgan fingerprint density at radius 2 is 1.88 bits per heavy atom. The van der Waals surface area contributed by atoms with Gasteiger partial charge in [0.15, 0.2) is 11.5 Å². The van der Waals surface area contributed by atoms with Gasteiger partial charge in [-0.2, -0.15) is 0 Å². The fraction of sp³-hybridized carbons (Fsp3) is 0.167. The molecule has 1 aliphatic heterocycles. The summed E-state index contributed by atoms with van der Waals surface area (Å²) in [5.41, 5.74) is 0. The maximum absolute atomic E-state index is 9.39. The Hall–Kier alpha value is -1.55. The van der Waals surface area contributed by atoms with Crippen LogP contribution in [0.2, 0.25) is 0 Å². The monoisotopic (exact) mass is 236 g/mol. The van der Waals surface area contributed by atoms with Gasteiger partial charge in [0, 0.05) is 12.1 Å². The van der Waals surface area contributed by atoms with Gasteiger partial charge in [-0.25, -0.2) is 0 Å². The van der Waals surface area contributed by atoms with Gasteiger partial charge in [-0.15, -0.1) is 18.3 Å². The van der Waals surface area contributed by atoms with E-state index in [0.29, 0.717) is 5.75 Å². The van der Waals surface area contributed by atoms with E-state index in [1.807, 2.05) is 0 Å². The molecule has 0 saturated heterocycles. The molecule has 16 heavy (non-hydrogen) atoms. The second kappa shape index (κ2) is 4.14. The van der Waals surface area contributed by atoms with Crippen molar-refractivity contribution in [2.75, 3.05) is 0 Å². The predicted octanol–water partition coefficient (Wildman–Crippen LogP) is 2.69. The van der Waals surface area contributed by atoms with Crippen LogP contribution in [0.15, 0.2) is 42.3 Å². The summed E-state index contributed by atoms with van der Waals surface area (Å²) in [7, 11) is 0. The Morgan fingerprint density at radius 3 is 2.50 bits per heavy atom. The molecule has 0 amide bonds. The number of phenolic OH excluding ortho intramolecular Hbond substituents is 2. The van der Waals surface area contributed by atoms with Gasteiger partial charge in [-0.3, -0.25) is 0 Å². The van der Waals surface area contributed by atoms with E-state index in [1.165, 1.54) is 23.9 Å². The second-order valence-electron chi connectivity index (χ2n) is 3.42.